The molecule has 0 N–H and O–H groups in total. The van der Waals surface area contributed by atoms with Crippen LogP contribution in [0.25, 0.3) is 11.1 Å². The number of allylic oxidation sites excluding steroid dienone is 1. The Labute approximate surface area is 206 Å². The quantitative estimate of drug-likeness (QED) is 0.117. The van der Waals surface area contributed by atoms with Crippen LogP contribution in [-0.4, -0.2) is 25.2 Å². The molecule has 2 aromatic carbocycles. The van der Waals surface area contributed by atoms with Crippen LogP contribution < -0.4 is 4.74 Å². The van der Waals surface area contributed by atoms with Crippen molar-refractivity contribution in [1.29, 1.82) is 0 Å². The van der Waals surface area contributed by atoms with Gasteiger partial charge in [-0.1, -0.05) is 56.6 Å². The molecule has 0 saturated carbocycles. The number of rotatable bonds is 12. The minimum Gasteiger partial charge on any atom is -0.494 e. The minimum atomic E-state index is -0.680. The number of carbonyl (C=O) groups is 2. The van der Waals surface area contributed by atoms with Gasteiger partial charge in [0.25, 0.3) is 0 Å². The summed E-state index contributed by atoms with van der Waals surface area (Å²) < 4.78 is 30.5. The topological polar surface area (TPSA) is 61.8 Å². The van der Waals surface area contributed by atoms with Crippen LogP contribution in [-0.2, 0) is 25.5 Å². The van der Waals surface area contributed by atoms with Gasteiger partial charge in [0.05, 0.1) is 13.2 Å². The van der Waals surface area contributed by atoms with Gasteiger partial charge in [0, 0.05) is 17.1 Å². The summed E-state index contributed by atoms with van der Waals surface area (Å²) in [5.41, 5.74) is 3.65. The molecule has 0 radical (unpaired) electrons. The molecule has 1 atom stereocenters. The van der Waals surface area contributed by atoms with E-state index in [9.17, 15) is 14.0 Å². The largest absolute Gasteiger partial charge is 0.494 e. The Morgan fingerprint density at radius 1 is 0.800 bits per heavy atom. The number of hydrogen-bond donors (Lipinski definition) is 0. The molecule has 0 amide bonds. The Balaban J connectivity index is 2.12. The van der Waals surface area contributed by atoms with Crippen LogP contribution in [0.1, 0.15) is 26.3 Å². The maximum absolute atomic E-state index is 14.4. The molecule has 6 heteroatoms. The van der Waals surface area contributed by atoms with E-state index < -0.39 is 17.8 Å². The van der Waals surface area contributed by atoms with Gasteiger partial charge < -0.3 is 14.2 Å². The molecular formula is C29H31FO5. The molecule has 0 aromatic heterocycles. The Bertz CT molecular complexity index is 1110. The predicted octanol–water partition coefficient (Wildman–Crippen LogP) is 6.36. The predicted molar refractivity (Wildman–Crippen MR) is 135 cm³/mol. The van der Waals surface area contributed by atoms with E-state index in [4.69, 9.17) is 14.2 Å². The number of ether oxygens (including phenoxy) is 3. The molecule has 0 spiro atoms. The average molecular weight is 479 g/mol. The van der Waals surface area contributed by atoms with Gasteiger partial charge in [-0.05, 0) is 61.6 Å². The smallest absolute Gasteiger partial charge is 0.338 e. The van der Waals surface area contributed by atoms with Crippen LogP contribution in [0.3, 0.4) is 0 Å². The van der Waals surface area contributed by atoms with E-state index in [2.05, 4.69) is 26.3 Å². The first kappa shape index (κ1) is 27.3. The van der Waals surface area contributed by atoms with Crippen molar-refractivity contribution in [3.8, 4) is 16.9 Å². The van der Waals surface area contributed by atoms with Crippen molar-refractivity contribution < 1.29 is 28.2 Å². The fourth-order valence-electron chi connectivity index (χ4n) is 2.94. The molecule has 0 heterocycles. The lowest BCUT2D eigenvalue weighted by Crippen LogP contribution is -2.21. The lowest BCUT2D eigenvalue weighted by atomic mass is 9.97. The second-order valence-electron chi connectivity index (χ2n) is 8.48. The lowest BCUT2D eigenvalue weighted by molar-refractivity contribution is -0.140. The first-order valence-electron chi connectivity index (χ1n) is 11.0. The highest BCUT2D eigenvalue weighted by Gasteiger charge is 2.16. The molecule has 2 aromatic rings. The molecule has 35 heavy (non-hydrogen) atoms. The molecule has 2 rings (SSSR count). The van der Waals surface area contributed by atoms with Crippen molar-refractivity contribution in [3.05, 3.63) is 103 Å². The van der Waals surface area contributed by atoms with Crippen molar-refractivity contribution >= 4 is 11.9 Å². The van der Waals surface area contributed by atoms with Crippen molar-refractivity contribution in [2.45, 2.75) is 27.2 Å². The van der Waals surface area contributed by atoms with E-state index in [0.717, 1.165) is 16.7 Å². The maximum Gasteiger partial charge on any atom is 0.338 e. The standard InChI is InChI=1S/C29H31FO5/c1-18(2)21(7)33-16-23(17-34-28(31)19(3)4)14-22-8-10-24(11-9-22)25-12-13-27(26(30)15-25)35-29(32)20(5)6/h8-13,15,23H,1,3,5,7,14,16-17H2,2,4,6H3. The molecule has 0 aliphatic heterocycles. The van der Waals surface area contributed by atoms with Crippen molar-refractivity contribution in [2.24, 2.45) is 5.92 Å². The average Bonchev–Trinajstić information content (AvgIpc) is 2.81. The summed E-state index contributed by atoms with van der Waals surface area (Å²) in [7, 11) is 0. The Morgan fingerprint density at radius 3 is 1.91 bits per heavy atom. The van der Waals surface area contributed by atoms with Crippen molar-refractivity contribution in [2.75, 3.05) is 13.2 Å². The zero-order valence-electron chi connectivity index (χ0n) is 20.5. The van der Waals surface area contributed by atoms with Crippen LogP contribution in [0.2, 0.25) is 0 Å². The molecule has 5 nitrogen and oxygen atoms in total. The highest BCUT2D eigenvalue weighted by molar-refractivity contribution is 5.89. The third-order valence-corrected chi connectivity index (χ3v) is 5.06. The SMILES string of the molecule is C=C(C)C(=C)OCC(COC(=O)C(=C)C)Cc1ccc(-c2ccc(OC(=O)C(=C)C)c(F)c2)cc1. The molecule has 0 aliphatic carbocycles. The minimum absolute atomic E-state index is 0.125. The molecule has 0 saturated heterocycles. The number of benzene rings is 2. The van der Waals surface area contributed by atoms with Gasteiger partial charge in [0.2, 0.25) is 0 Å². The summed E-state index contributed by atoms with van der Waals surface area (Å²) in [6.45, 7) is 20.1. The zero-order chi connectivity index (χ0) is 26.1. The van der Waals surface area contributed by atoms with E-state index in [1.807, 2.05) is 24.3 Å². The van der Waals surface area contributed by atoms with E-state index >= 15 is 0 Å². The fourth-order valence-corrected chi connectivity index (χ4v) is 2.94. The highest BCUT2D eigenvalue weighted by Crippen LogP contribution is 2.27. The monoisotopic (exact) mass is 478 g/mol. The summed E-state index contributed by atoms with van der Waals surface area (Å²) in [5.74, 6) is -1.57. The van der Waals surface area contributed by atoms with Crippen molar-refractivity contribution in [1.82, 2.24) is 0 Å². The molecule has 0 bridgehead atoms. The van der Waals surface area contributed by atoms with Gasteiger partial charge >= 0.3 is 11.9 Å². The third kappa shape index (κ3) is 8.41. The van der Waals surface area contributed by atoms with Gasteiger partial charge in [-0.3, -0.25) is 0 Å². The van der Waals surface area contributed by atoms with Crippen LogP contribution in [0.5, 0.6) is 5.75 Å². The van der Waals surface area contributed by atoms with E-state index in [0.29, 0.717) is 29.9 Å². The number of hydrogen-bond acceptors (Lipinski definition) is 5. The van der Waals surface area contributed by atoms with E-state index in [1.54, 1.807) is 19.9 Å². The third-order valence-electron chi connectivity index (χ3n) is 5.06. The molecule has 0 fully saturated rings. The maximum atomic E-state index is 14.4. The Kier molecular flexibility index (Phi) is 9.76. The first-order valence-corrected chi connectivity index (χ1v) is 11.0. The van der Waals surface area contributed by atoms with Crippen LogP contribution in [0, 0.1) is 11.7 Å². The summed E-state index contributed by atoms with van der Waals surface area (Å²) in [4.78, 5) is 23.5. The van der Waals surface area contributed by atoms with Crippen LogP contribution in [0.4, 0.5) is 4.39 Å². The number of carbonyl (C=O) groups excluding carboxylic acids is 2. The fraction of sp³-hybridized carbons (Fsp3) is 0.241. The van der Waals surface area contributed by atoms with Gasteiger partial charge in [0.1, 0.15) is 5.76 Å². The Hall–Kier alpha value is -3.93. The van der Waals surface area contributed by atoms with Gasteiger partial charge in [-0.2, -0.15) is 0 Å². The summed E-state index contributed by atoms with van der Waals surface area (Å²) in [6.07, 6.45) is 0.581. The number of esters is 2. The second kappa shape index (κ2) is 12.5. The van der Waals surface area contributed by atoms with Gasteiger partial charge in [0.15, 0.2) is 11.6 Å². The molecular weight excluding hydrogens is 447 g/mol. The lowest BCUT2D eigenvalue weighted by Gasteiger charge is -2.19. The summed E-state index contributed by atoms with van der Waals surface area (Å²) >= 11 is 0. The van der Waals surface area contributed by atoms with E-state index in [1.165, 1.54) is 19.1 Å². The molecule has 1 unspecified atom stereocenters. The first-order chi connectivity index (χ1) is 16.5. The summed E-state index contributed by atoms with van der Waals surface area (Å²) in [5, 5.41) is 0. The van der Waals surface area contributed by atoms with Crippen molar-refractivity contribution in [3.63, 3.8) is 0 Å². The summed E-state index contributed by atoms with van der Waals surface area (Å²) in [6, 6.07) is 12.0. The van der Waals surface area contributed by atoms with E-state index in [-0.39, 0.29) is 23.8 Å². The van der Waals surface area contributed by atoms with Crippen LogP contribution >= 0.6 is 0 Å². The zero-order valence-corrected chi connectivity index (χ0v) is 20.5. The molecule has 0 aliphatic rings. The number of halogens is 1. The van der Waals surface area contributed by atoms with Gasteiger partial charge in [-0.25, -0.2) is 14.0 Å². The highest BCUT2D eigenvalue weighted by atomic mass is 19.1. The normalized spacial score (nSPS) is 11.2. The van der Waals surface area contributed by atoms with Gasteiger partial charge in [-0.15, -0.1) is 0 Å². The molecule has 184 valence electrons. The van der Waals surface area contributed by atoms with Crippen LogP contribution in [0.15, 0.2) is 91.3 Å². The Morgan fingerprint density at radius 2 is 1.37 bits per heavy atom. The second-order valence-corrected chi connectivity index (χ2v) is 8.48.